The molecule has 1 amide bonds. The third-order valence-electron chi connectivity index (χ3n) is 3.18. The summed E-state index contributed by atoms with van der Waals surface area (Å²) in [7, 11) is 0. The van der Waals surface area contributed by atoms with Crippen molar-refractivity contribution >= 4 is 23.6 Å². The van der Waals surface area contributed by atoms with Gasteiger partial charge in [-0.25, -0.2) is 4.79 Å². The standard InChI is InChI=1S/C13H12F3NO3S/c1-7-17(10(6-21-7)12(19)20)11(18)8-3-2-4-9(5-8)13(14,15)16/h2-5,7,10H,6H2,1H3,(H,19,20). The Labute approximate surface area is 122 Å². The van der Waals surface area contributed by atoms with E-state index in [4.69, 9.17) is 5.11 Å². The minimum Gasteiger partial charge on any atom is -0.480 e. The van der Waals surface area contributed by atoms with E-state index in [0.717, 1.165) is 23.1 Å². The van der Waals surface area contributed by atoms with Crippen molar-refractivity contribution in [1.82, 2.24) is 4.90 Å². The van der Waals surface area contributed by atoms with Crippen molar-refractivity contribution in [1.29, 1.82) is 0 Å². The van der Waals surface area contributed by atoms with E-state index in [1.807, 2.05) is 0 Å². The molecule has 0 saturated carbocycles. The third-order valence-corrected chi connectivity index (χ3v) is 4.40. The zero-order valence-corrected chi connectivity index (χ0v) is 11.7. The number of carbonyl (C=O) groups excluding carboxylic acids is 1. The SMILES string of the molecule is CC1SCC(C(=O)O)N1C(=O)c1cccc(C(F)(F)F)c1. The molecule has 21 heavy (non-hydrogen) atoms. The number of rotatable bonds is 2. The van der Waals surface area contributed by atoms with E-state index in [1.165, 1.54) is 17.8 Å². The molecule has 2 rings (SSSR count). The van der Waals surface area contributed by atoms with Gasteiger partial charge in [0, 0.05) is 11.3 Å². The van der Waals surface area contributed by atoms with E-state index < -0.39 is 35.0 Å². The number of aliphatic carboxylic acids is 1. The Bertz CT molecular complexity index is 576. The first-order chi connectivity index (χ1) is 9.71. The molecule has 0 radical (unpaired) electrons. The summed E-state index contributed by atoms with van der Waals surface area (Å²) in [5, 5.41) is 8.70. The first-order valence-corrected chi connectivity index (χ1v) is 7.11. The number of amides is 1. The average Bonchev–Trinajstić information content (AvgIpc) is 2.79. The second-order valence-electron chi connectivity index (χ2n) is 4.58. The highest BCUT2D eigenvalue weighted by atomic mass is 32.2. The van der Waals surface area contributed by atoms with Gasteiger partial charge in [0.1, 0.15) is 6.04 Å². The van der Waals surface area contributed by atoms with Crippen LogP contribution in [-0.2, 0) is 11.0 Å². The van der Waals surface area contributed by atoms with Crippen LogP contribution in [0.15, 0.2) is 24.3 Å². The van der Waals surface area contributed by atoms with Gasteiger partial charge in [0.15, 0.2) is 0 Å². The smallest absolute Gasteiger partial charge is 0.416 e. The van der Waals surface area contributed by atoms with E-state index >= 15 is 0 Å². The van der Waals surface area contributed by atoms with Crippen LogP contribution in [0.5, 0.6) is 0 Å². The maximum absolute atomic E-state index is 12.7. The van der Waals surface area contributed by atoms with Gasteiger partial charge in [0.05, 0.1) is 10.9 Å². The lowest BCUT2D eigenvalue weighted by molar-refractivity contribution is -0.141. The van der Waals surface area contributed by atoms with Crippen LogP contribution in [-0.4, -0.2) is 39.1 Å². The van der Waals surface area contributed by atoms with Gasteiger partial charge in [-0.15, -0.1) is 11.8 Å². The molecule has 1 aromatic rings. The van der Waals surface area contributed by atoms with Gasteiger partial charge in [0.25, 0.3) is 5.91 Å². The number of carbonyl (C=O) groups is 2. The molecule has 114 valence electrons. The number of halogens is 3. The van der Waals surface area contributed by atoms with Crippen molar-refractivity contribution in [2.24, 2.45) is 0 Å². The number of alkyl halides is 3. The summed E-state index contributed by atoms with van der Waals surface area (Å²) in [6, 6.07) is 2.99. The summed E-state index contributed by atoms with van der Waals surface area (Å²) in [6.45, 7) is 1.65. The Balaban J connectivity index is 2.33. The molecule has 8 heteroatoms. The molecular weight excluding hydrogens is 307 g/mol. The van der Waals surface area contributed by atoms with Crippen LogP contribution in [0, 0.1) is 0 Å². The number of thioether (sulfide) groups is 1. The number of benzene rings is 1. The number of carboxylic acids is 1. The van der Waals surface area contributed by atoms with Gasteiger partial charge < -0.3 is 10.0 Å². The Morgan fingerprint density at radius 3 is 2.62 bits per heavy atom. The average molecular weight is 319 g/mol. The maximum atomic E-state index is 12.7. The fraction of sp³-hybridized carbons (Fsp3) is 0.385. The van der Waals surface area contributed by atoms with Crippen molar-refractivity contribution in [2.45, 2.75) is 24.5 Å². The molecule has 1 aliphatic rings. The molecule has 0 aromatic heterocycles. The van der Waals surface area contributed by atoms with Crippen molar-refractivity contribution in [2.75, 3.05) is 5.75 Å². The summed E-state index contributed by atoms with van der Waals surface area (Å²) >= 11 is 1.28. The van der Waals surface area contributed by atoms with Crippen LogP contribution in [0.1, 0.15) is 22.8 Å². The van der Waals surface area contributed by atoms with E-state index in [2.05, 4.69) is 0 Å². The minimum atomic E-state index is -4.55. The maximum Gasteiger partial charge on any atom is 0.416 e. The summed E-state index contributed by atoms with van der Waals surface area (Å²) in [4.78, 5) is 24.6. The highest BCUT2D eigenvalue weighted by Gasteiger charge is 2.40. The number of hydrogen-bond donors (Lipinski definition) is 1. The lowest BCUT2D eigenvalue weighted by Crippen LogP contribution is -2.44. The van der Waals surface area contributed by atoms with Crippen LogP contribution in [0.2, 0.25) is 0 Å². The quantitative estimate of drug-likeness (QED) is 0.910. The Kier molecular flexibility index (Phi) is 4.18. The Morgan fingerprint density at radius 2 is 2.05 bits per heavy atom. The van der Waals surface area contributed by atoms with Gasteiger partial charge in [-0.3, -0.25) is 4.79 Å². The summed E-state index contributed by atoms with van der Waals surface area (Å²) < 4.78 is 38.0. The fourth-order valence-corrected chi connectivity index (χ4v) is 3.29. The molecule has 1 fully saturated rings. The third kappa shape index (κ3) is 3.15. The van der Waals surface area contributed by atoms with Crippen LogP contribution < -0.4 is 0 Å². The van der Waals surface area contributed by atoms with Gasteiger partial charge in [-0.1, -0.05) is 6.07 Å². The predicted molar refractivity (Wildman–Crippen MR) is 71.0 cm³/mol. The van der Waals surface area contributed by atoms with E-state index in [9.17, 15) is 22.8 Å². The van der Waals surface area contributed by atoms with Crippen molar-refractivity contribution < 1.29 is 27.9 Å². The highest BCUT2D eigenvalue weighted by Crippen LogP contribution is 2.33. The summed E-state index contributed by atoms with van der Waals surface area (Å²) in [5.74, 6) is -1.64. The van der Waals surface area contributed by atoms with Gasteiger partial charge in [-0.05, 0) is 25.1 Å². The lowest BCUT2D eigenvalue weighted by atomic mass is 10.1. The molecule has 4 nitrogen and oxygen atoms in total. The second-order valence-corrected chi connectivity index (χ2v) is 5.93. The second kappa shape index (κ2) is 5.59. The monoisotopic (exact) mass is 319 g/mol. The molecule has 0 spiro atoms. The molecule has 1 heterocycles. The van der Waals surface area contributed by atoms with Crippen molar-refractivity contribution in [3.63, 3.8) is 0 Å². The molecule has 0 aliphatic carbocycles. The summed E-state index contributed by atoms with van der Waals surface area (Å²) in [5.41, 5.74) is -1.09. The Hall–Kier alpha value is -1.70. The van der Waals surface area contributed by atoms with E-state index in [0.29, 0.717) is 0 Å². The first-order valence-electron chi connectivity index (χ1n) is 6.06. The van der Waals surface area contributed by atoms with Crippen molar-refractivity contribution in [3.8, 4) is 0 Å². The number of carboxylic acid groups (broad SMARTS) is 1. The largest absolute Gasteiger partial charge is 0.480 e. The van der Waals surface area contributed by atoms with Crippen LogP contribution >= 0.6 is 11.8 Å². The van der Waals surface area contributed by atoms with E-state index in [1.54, 1.807) is 6.92 Å². The highest BCUT2D eigenvalue weighted by molar-refractivity contribution is 8.00. The molecule has 2 atom stereocenters. The van der Waals surface area contributed by atoms with Gasteiger partial charge in [-0.2, -0.15) is 13.2 Å². The van der Waals surface area contributed by atoms with Gasteiger partial charge in [0.2, 0.25) is 0 Å². The predicted octanol–water partition coefficient (Wildman–Crippen LogP) is 2.69. The van der Waals surface area contributed by atoms with Crippen LogP contribution in [0.4, 0.5) is 13.2 Å². The van der Waals surface area contributed by atoms with Crippen molar-refractivity contribution in [3.05, 3.63) is 35.4 Å². The van der Waals surface area contributed by atoms with E-state index in [-0.39, 0.29) is 11.3 Å². The molecule has 1 aliphatic heterocycles. The van der Waals surface area contributed by atoms with Crippen LogP contribution in [0.3, 0.4) is 0 Å². The first kappa shape index (κ1) is 15.7. The molecule has 0 bridgehead atoms. The number of hydrogen-bond acceptors (Lipinski definition) is 3. The number of nitrogens with zero attached hydrogens (tertiary/aromatic N) is 1. The normalized spacial score (nSPS) is 22.4. The zero-order valence-electron chi connectivity index (χ0n) is 10.9. The summed E-state index contributed by atoms with van der Waals surface area (Å²) in [6.07, 6.45) is -4.55. The Morgan fingerprint density at radius 1 is 1.38 bits per heavy atom. The molecule has 1 saturated heterocycles. The molecule has 1 N–H and O–H groups in total. The zero-order chi connectivity index (χ0) is 15.8. The van der Waals surface area contributed by atoms with Crippen LogP contribution in [0.25, 0.3) is 0 Å². The topological polar surface area (TPSA) is 57.6 Å². The molecule has 1 aromatic carbocycles. The minimum absolute atomic E-state index is 0.162. The lowest BCUT2D eigenvalue weighted by Gasteiger charge is -2.25. The fourth-order valence-electron chi connectivity index (χ4n) is 2.12. The molecular formula is C13H12F3NO3S. The molecule has 2 unspecified atom stereocenters. The van der Waals surface area contributed by atoms with Gasteiger partial charge >= 0.3 is 12.1 Å².